The van der Waals surface area contributed by atoms with E-state index in [0.717, 1.165) is 0 Å². The van der Waals surface area contributed by atoms with E-state index >= 15 is 0 Å². The SMILES string of the molecule is N[C@@H](CC(F)F)c1c(F)cccc1Br. The largest absolute Gasteiger partial charge is 0.324 e. The molecule has 1 rings (SSSR count). The number of hydrogen-bond acceptors (Lipinski definition) is 1. The van der Waals surface area contributed by atoms with E-state index in [-0.39, 0.29) is 5.56 Å². The molecule has 0 heterocycles. The van der Waals surface area contributed by atoms with Crippen molar-refractivity contribution in [2.75, 3.05) is 0 Å². The highest BCUT2D eigenvalue weighted by Crippen LogP contribution is 2.28. The fraction of sp³-hybridized carbons (Fsp3) is 0.333. The lowest BCUT2D eigenvalue weighted by Gasteiger charge is -2.13. The van der Waals surface area contributed by atoms with Crippen LogP contribution in [0.4, 0.5) is 13.2 Å². The van der Waals surface area contributed by atoms with Gasteiger partial charge in [-0.1, -0.05) is 22.0 Å². The van der Waals surface area contributed by atoms with Gasteiger partial charge in [-0.2, -0.15) is 0 Å². The van der Waals surface area contributed by atoms with E-state index in [1.165, 1.54) is 12.1 Å². The third kappa shape index (κ3) is 2.72. The molecule has 0 unspecified atom stereocenters. The molecule has 5 heteroatoms. The zero-order chi connectivity index (χ0) is 10.7. The Morgan fingerprint density at radius 3 is 2.50 bits per heavy atom. The molecule has 2 N–H and O–H groups in total. The molecular formula is C9H9BrF3N. The van der Waals surface area contributed by atoms with Crippen LogP contribution in [0.5, 0.6) is 0 Å². The Kier molecular flexibility index (Phi) is 3.95. The monoisotopic (exact) mass is 267 g/mol. The van der Waals surface area contributed by atoms with Crippen molar-refractivity contribution in [2.24, 2.45) is 5.73 Å². The van der Waals surface area contributed by atoms with Crippen LogP contribution in [0.2, 0.25) is 0 Å². The summed E-state index contributed by atoms with van der Waals surface area (Å²) in [5.74, 6) is -0.562. The maximum Gasteiger partial charge on any atom is 0.240 e. The summed E-state index contributed by atoms with van der Waals surface area (Å²) < 4.78 is 37.7. The molecule has 14 heavy (non-hydrogen) atoms. The van der Waals surface area contributed by atoms with E-state index in [4.69, 9.17) is 5.73 Å². The van der Waals surface area contributed by atoms with Crippen LogP contribution in [0.15, 0.2) is 22.7 Å². The lowest BCUT2D eigenvalue weighted by Crippen LogP contribution is -2.16. The average Bonchev–Trinajstić information content (AvgIpc) is 2.01. The molecule has 0 bridgehead atoms. The van der Waals surface area contributed by atoms with Crippen molar-refractivity contribution >= 4 is 15.9 Å². The van der Waals surface area contributed by atoms with Gasteiger partial charge < -0.3 is 5.73 Å². The van der Waals surface area contributed by atoms with Crippen LogP contribution in [0, 0.1) is 5.82 Å². The van der Waals surface area contributed by atoms with Crippen LogP contribution in [0.1, 0.15) is 18.0 Å². The minimum atomic E-state index is -2.53. The van der Waals surface area contributed by atoms with Crippen LogP contribution < -0.4 is 5.73 Å². The number of hydrogen-bond donors (Lipinski definition) is 1. The second kappa shape index (κ2) is 4.79. The molecule has 0 aliphatic carbocycles. The molecule has 1 aromatic rings. The molecule has 0 fully saturated rings. The van der Waals surface area contributed by atoms with Gasteiger partial charge in [-0.25, -0.2) is 13.2 Å². The molecule has 0 aliphatic heterocycles. The van der Waals surface area contributed by atoms with Crippen molar-refractivity contribution in [3.63, 3.8) is 0 Å². The number of rotatable bonds is 3. The number of halogens is 4. The first-order valence-corrected chi connectivity index (χ1v) is 4.79. The first-order chi connectivity index (χ1) is 6.52. The predicted octanol–water partition coefficient (Wildman–Crippen LogP) is 3.24. The number of alkyl halides is 2. The average molecular weight is 268 g/mol. The molecule has 0 saturated carbocycles. The van der Waals surface area contributed by atoms with Gasteiger partial charge >= 0.3 is 0 Å². The highest BCUT2D eigenvalue weighted by Gasteiger charge is 2.18. The van der Waals surface area contributed by atoms with Crippen molar-refractivity contribution in [1.82, 2.24) is 0 Å². The highest BCUT2D eigenvalue weighted by molar-refractivity contribution is 9.10. The molecule has 1 aromatic carbocycles. The Morgan fingerprint density at radius 1 is 1.36 bits per heavy atom. The fourth-order valence-electron chi connectivity index (χ4n) is 1.17. The van der Waals surface area contributed by atoms with Crippen molar-refractivity contribution in [2.45, 2.75) is 18.9 Å². The van der Waals surface area contributed by atoms with Crippen LogP contribution in [-0.2, 0) is 0 Å². The quantitative estimate of drug-likeness (QED) is 0.894. The summed E-state index contributed by atoms with van der Waals surface area (Å²) in [6, 6.07) is 3.28. The highest BCUT2D eigenvalue weighted by atomic mass is 79.9. The zero-order valence-corrected chi connectivity index (χ0v) is 8.77. The molecule has 1 nitrogen and oxygen atoms in total. The van der Waals surface area contributed by atoms with Crippen molar-refractivity contribution in [3.8, 4) is 0 Å². The molecule has 0 amide bonds. The van der Waals surface area contributed by atoms with Gasteiger partial charge in [0, 0.05) is 22.5 Å². The number of nitrogens with two attached hydrogens (primary N) is 1. The minimum absolute atomic E-state index is 0.104. The summed E-state index contributed by atoms with van der Waals surface area (Å²) in [5.41, 5.74) is 5.55. The zero-order valence-electron chi connectivity index (χ0n) is 7.18. The van der Waals surface area contributed by atoms with E-state index in [0.29, 0.717) is 4.47 Å². The summed E-state index contributed by atoms with van der Waals surface area (Å²) >= 11 is 3.07. The topological polar surface area (TPSA) is 26.0 Å². The summed E-state index contributed by atoms with van der Waals surface area (Å²) in [6.45, 7) is 0. The van der Waals surface area contributed by atoms with Gasteiger partial charge in [0.2, 0.25) is 6.43 Å². The fourth-order valence-corrected chi connectivity index (χ4v) is 1.81. The summed E-state index contributed by atoms with van der Waals surface area (Å²) in [5, 5.41) is 0. The van der Waals surface area contributed by atoms with E-state index in [9.17, 15) is 13.2 Å². The lowest BCUT2D eigenvalue weighted by molar-refractivity contribution is 0.128. The second-order valence-corrected chi connectivity index (χ2v) is 3.72. The van der Waals surface area contributed by atoms with E-state index < -0.39 is 24.7 Å². The van der Waals surface area contributed by atoms with Gasteiger partial charge in [0.1, 0.15) is 5.82 Å². The molecule has 0 spiro atoms. The Bertz CT molecular complexity index is 297. The van der Waals surface area contributed by atoms with Crippen LogP contribution in [-0.4, -0.2) is 6.43 Å². The molecule has 0 saturated heterocycles. The van der Waals surface area contributed by atoms with Gasteiger partial charge in [-0.15, -0.1) is 0 Å². The van der Waals surface area contributed by atoms with Crippen molar-refractivity contribution < 1.29 is 13.2 Å². The molecule has 0 aliphatic rings. The van der Waals surface area contributed by atoms with Gasteiger partial charge in [0.15, 0.2) is 0 Å². The Balaban J connectivity index is 2.94. The van der Waals surface area contributed by atoms with Gasteiger partial charge in [0.25, 0.3) is 0 Å². The molecule has 78 valence electrons. The normalized spacial score (nSPS) is 13.3. The third-order valence-corrected chi connectivity index (χ3v) is 2.49. The predicted molar refractivity (Wildman–Crippen MR) is 51.6 cm³/mol. The van der Waals surface area contributed by atoms with Gasteiger partial charge in [-0.3, -0.25) is 0 Å². The van der Waals surface area contributed by atoms with Crippen LogP contribution in [0.25, 0.3) is 0 Å². The van der Waals surface area contributed by atoms with Crippen LogP contribution in [0.3, 0.4) is 0 Å². The maximum atomic E-state index is 13.2. The second-order valence-electron chi connectivity index (χ2n) is 2.87. The van der Waals surface area contributed by atoms with E-state index in [2.05, 4.69) is 15.9 Å². The summed E-state index contributed by atoms with van der Waals surface area (Å²) in [4.78, 5) is 0. The first kappa shape index (κ1) is 11.5. The Hall–Kier alpha value is -0.550. The maximum absolute atomic E-state index is 13.2. The Morgan fingerprint density at radius 2 is 2.00 bits per heavy atom. The Labute approximate surface area is 88.2 Å². The number of benzene rings is 1. The van der Waals surface area contributed by atoms with E-state index in [1.807, 2.05) is 0 Å². The molecule has 0 aromatic heterocycles. The standard InChI is InChI=1S/C9H9BrF3N/c10-5-2-1-3-6(11)9(5)7(14)4-8(12)13/h1-3,7-8H,4,14H2/t7-/m0/s1. The molecule has 1 atom stereocenters. The summed E-state index contributed by atoms with van der Waals surface area (Å²) in [6.07, 6.45) is -3.07. The van der Waals surface area contributed by atoms with Crippen LogP contribution >= 0.6 is 15.9 Å². The minimum Gasteiger partial charge on any atom is -0.324 e. The van der Waals surface area contributed by atoms with Crippen molar-refractivity contribution in [1.29, 1.82) is 0 Å². The van der Waals surface area contributed by atoms with Gasteiger partial charge in [0.05, 0.1) is 0 Å². The molecule has 0 radical (unpaired) electrons. The van der Waals surface area contributed by atoms with E-state index in [1.54, 1.807) is 6.07 Å². The summed E-state index contributed by atoms with van der Waals surface area (Å²) in [7, 11) is 0. The van der Waals surface area contributed by atoms with Gasteiger partial charge in [-0.05, 0) is 12.1 Å². The van der Waals surface area contributed by atoms with Crippen molar-refractivity contribution in [3.05, 3.63) is 34.1 Å². The first-order valence-electron chi connectivity index (χ1n) is 4.00. The smallest absolute Gasteiger partial charge is 0.240 e. The third-order valence-electron chi connectivity index (χ3n) is 1.80. The lowest BCUT2D eigenvalue weighted by atomic mass is 10.0. The molecular weight excluding hydrogens is 259 g/mol.